The molecule has 1 aliphatic rings. The molecular weight excluding hydrogens is 406 g/mol. The van der Waals surface area contributed by atoms with Gasteiger partial charge in [-0.15, -0.1) is 0 Å². The van der Waals surface area contributed by atoms with Crippen LogP contribution in [0.5, 0.6) is 5.75 Å². The Morgan fingerprint density at radius 3 is 2.69 bits per heavy atom. The van der Waals surface area contributed by atoms with Crippen LogP contribution in [0.2, 0.25) is 0 Å². The summed E-state index contributed by atoms with van der Waals surface area (Å²) in [5.74, 6) is 0.551. The van der Waals surface area contributed by atoms with Gasteiger partial charge >= 0.3 is 0 Å². The molecular formula is C24H31N5O3. The molecule has 1 aromatic carbocycles. The molecule has 1 amide bonds. The van der Waals surface area contributed by atoms with Gasteiger partial charge in [-0.2, -0.15) is 5.10 Å². The summed E-state index contributed by atoms with van der Waals surface area (Å²) < 4.78 is 12.6. The molecule has 4 rings (SSSR count). The molecule has 0 saturated carbocycles. The van der Waals surface area contributed by atoms with Crippen LogP contribution >= 0.6 is 0 Å². The Morgan fingerprint density at radius 1 is 1.19 bits per heavy atom. The molecule has 8 nitrogen and oxygen atoms in total. The van der Waals surface area contributed by atoms with Crippen LogP contribution in [0.1, 0.15) is 37.0 Å². The maximum Gasteiger partial charge on any atom is 0.270 e. The van der Waals surface area contributed by atoms with Gasteiger partial charge in [-0.3, -0.25) is 9.69 Å². The number of carbonyl (C=O) groups is 1. The van der Waals surface area contributed by atoms with Crippen LogP contribution < -0.4 is 10.1 Å². The van der Waals surface area contributed by atoms with E-state index in [1.54, 1.807) is 17.7 Å². The Bertz CT molecular complexity index is 1100. The van der Waals surface area contributed by atoms with E-state index in [4.69, 9.17) is 14.6 Å². The van der Waals surface area contributed by atoms with Gasteiger partial charge in [0.25, 0.3) is 5.91 Å². The zero-order valence-electron chi connectivity index (χ0n) is 19.2. The fourth-order valence-electron chi connectivity index (χ4n) is 3.69. The van der Waals surface area contributed by atoms with Crippen LogP contribution in [0.4, 0.5) is 0 Å². The number of methoxy groups -OCH3 is 1. The lowest BCUT2D eigenvalue weighted by Crippen LogP contribution is -2.41. The molecule has 0 spiro atoms. The van der Waals surface area contributed by atoms with Crippen molar-refractivity contribution in [2.45, 2.75) is 26.2 Å². The van der Waals surface area contributed by atoms with E-state index >= 15 is 0 Å². The summed E-state index contributed by atoms with van der Waals surface area (Å²) in [6.45, 7) is 11.0. The molecule has 1 saturated heterocycles. The third kappa shape index (κ3) is 4.92. The lowest BCUT2D eigenvalue weighted by Gasteiger charge is -2.26. The summed E-state index contributed by atoms with van der Waals surface area (Å²) in [4.78, 5) is 19.9. The smallest absolute Gasteiger partial charge is 0.270 e. The molecule has 0 radical (unpaired) electrons. The van der Waals surface area contributed by atoms with Gasteiger partial charge in [0.1, 0.15) is 11.4 Å². The second-order valence-electron chi connectivity index (χ2n) is 9.02. The number of morpholine rings is 1. The third-order valence-corrected chi connectivity index (χ3v) is 5.61. The van der Waals surface area contributed by atoms with E-state index in [0.717, 1.165) is 55.5 Å². The van der Waals surface area contributed by atoms with Gasteiger partial charge in [0.2, 0.25) is 0 Å². The van der Waals surface area contributed by atoms with Crippen LogP contribution in [0, 0.1) is 0 Å². The number of aromatic nitrogens is 3. The lowest BCUT2D eigenvalue weighted by atomic mass is 9.93. The van der Waals surface area contributed by atoms with Gasteiger partial charge in [-0.05, 0) is 18.2 Å². The van der Waals surface area contributed by atoms with Crippen molar-refractivity contribution >= 4 is 11.6 Å². The van der Waals surface area contributed by atoms with E-state index in [2.05, 4.69) is 36.0 Å². The zero-order chi connectivity index (χ0) is 22.7. The van der Waals surface area contributed by atoms with E-state index in [0.29, 0.717) is 17.9 Å². The number of hydrogen-bond acceptors (Lipinski definition) is 6. The Morgan fingerprint density at radius 2 is 1.97 bits per heavy atom. The quantitative estimate of drug-likeness (QED) is 0.639. The number of ether oxygens (including phenoxy) is 2. The molecule has 0 atom stereocenters. The fourth-order valence-corrected chi connectivity index (χ4v) is 3.69. The summed E-state index contributed by atoms with van der Waals surface area (Å²) in [6.07, 6.45) is 0. The average molecular weight is 438 g/mol. The normalized spacial score (nSPS) is 15.1. The predicted octanol–water partition coefficient (Wildman–Crippen LogP) is 2.76. The third-order valence-electron chi connectivity index (χ3n) is 5.61. The number of nitrogens with one attached hydrogen (secondary N) is 1. The molecule has 1 N–H and O–H groups in total. The van der Waals surface area contributed by atoms with Gasteiger partial charge in [0, 0.05) is 43.2 Å². The SMILES string of the molecule is COc1cccc(-c2cc(C(=O)NCCN3CCOCC3)nc3cc(C(C)(C)C)nn23)c1. The fraction of sp³-hybridized carbons (Fsp3) is 0.458. The van der Waals surface area contributed by atoms with Crippen LogP contribution in [-0.4, -0.2) is 71.9 Å². The van der Waals surface area contributed by atoms with Crippen LogP contribution in [0.3, 0.4) is 0 Å². The second kappa shape index (κ2) is 9.26. The highest BCUT2D eigenvalue weighted by atomic mass is 16.5. The minimum Gasteiger partial charge on any atom is -0.497 e. The molecule has 2 aromatic heterocycles. The number of hydrogen-bond donors (Lipinski definition) is 1. The highest BCUT2D eigenvalue weighted by Crippen LogP contribution is 2.28. The van der Waals surface area contributed by atoms with Gasteiger partial charge in [-0.25, -0.2) is 9.50 Å². The maximum absolute atomic E-state index is 13.0. The minimum absolute atomic E-state index is 0.139. The van der Waals surface area contributed by atoms with Crippen LogP contribution in [0.15, 0.2) is 36.4 Å². The average Bonchev–Trinajstić information content (AvgIpc) is 3.24. The largest absolute Gasteiger partial charge is 0.497 e. The van der Waals surface area contributed by atoms with E-state index in [9.17, 15) is 4.79 Å². The van der Waals surface area contributed by atoms with Crippen LogP contribution in [0.25, 0.3) is 16.9 Å². The molecule has 3 heterocycles. The van der Waals surface area contributed by atoms with E-state index in [1.807, 2.05) is 30.3 Å². The number of fused-ring (bicyclic) bond motifs is 1. The highest BCUT2D eigenvalue weighted by molar-refractivity contribution is 5.94. The molecule has 32 heavy (non-hydrogen) atoms. The van der Waals surface area contributed by atoms with Crippen molar-refractivity contribution in [3.63, 3.8) is 0 Å². The molecule has 3 aromatic rings. The van der Waals surface area contributed by atoms with Gasteiger partial charge in [0.05, 0.1) is 31.7 Å². The van der Waals surface area contributed by atoms with E-state index < -0.39 is 0 Å². The van der Waals surface area contributed by atoms with Crippen molar-refractivity contribution in [1.29, 1.82) is 0 Å². The topological polar surface area (TPSA) is 81.0 Å². The van der Waals surface area contributed by atoms with Crippen molar-refractivity contribution < 1.29 is 14.3 Å². The first kappa shape index (κ1) is 22.2. The monoisotopic (exact) mass is 437 g/mol. The first-order valence-electron chi connectivity index (χ1n) is 11.0. The molecule has 170 valence electrons. The molecule has 0 aliphatic carbocycles. The molecule has 1 aliphatic heterocycles. The van der Waals surface area contributed by atoms with Gasteiger partial charge in [-0.1, -0.05) is 32.9 Å². The Labute approximate surface area is 188 Å². The number of rotatable bonds is 6. The van der Waals surface area contributed by atoms with E-state index in [-0.39, 0.29) is 11.3 Å². The number of benzene rings is 1. The lowest BCUT2D eigenvalue weighted by molar-refractivity contribution is 0.0383. The standard InChI is InChI=1S/C24H31N5O3/c1-24(2,3)21-16-22-26-19(23(30)25-8-9-28-10-12-32-13-11-28)15-20(29(22)27-21)17-6-5-7-18(14-17)31-4/h5-7,14-16H,8-13H2,1-4H3,(H,25,30). The molecule has 1 fully saturated rings. The van der Waals surface area contributed by atoms with Crippen molar-refractivity contribution in [2.75, 3.05) is 46.5 Å². The van der Waals surface area contributed by atoms with Crippen molar-refractivity contribution in [3.05, 3.63) is 47.8 Å². The first-order valence-corrected chi connectivity index (χ1v) is 11.0. The summed E-state index contributed by atoms with van der Waals surface area (Å²) >= 11 is 0. The van der Waals surface area contributed by atoms with Crippen LogP contribution in [-0.2, 0) is 10.2 Å². The van der Waals surface area contributed by atoms with Crippen molar-refractivity contribution in [1.82, 2.24) is 24.8 Å². The summed E-state index contributed by atoms with van der Waals surface area (Å²) in [6, 6.07) is 11.5. The Hall–Kier alpha value is -2.97. The number of nitrogens with zero attached hydrogens (tertiary/aromatic N) is 4. The highest BCUT2D eigenvalue weighted by Gasteiger charge is 2.22. The Balaban J connectivity index is 1.65. The second-order valence-corrected chi connectivity index (χ2v) is 9.02. The van der Waals surface area contributed by atoms with Crippen molar-refractivity contribution in [3.8, 4) is 17.0 Å². The van der Waals surface area contributed by atoms with Crippen molar-refractivity contribution in [2.24, 2.45) is 0 Å². The van der Waals surface area contributed by atoms with Gasteiger partial charge in [0.15, 0.2) is 5.65 Å². The van der Waals surface area contributed by atoms with Gasteiger partial charge < -0.3 is 14.8 Å². The summed E-state index contributed by atoms with van der Waals surface area (Å²) in [5, 5.41) is 7.81. The zero-order valence-corrected chi connectivity index (χ0v) is 19.2. The molecule has 0 bridgehead atoms. The maximum atomic E-state index is 13.0. The summed E-state index contributed by atoms with van der Waals surface area (Å²) in [5.41, 5.74) is 3.50. The first-order chi connectivity index (χ1) is 15.3. The predicted molar refractivity (Wildman–Crippen MR) is 123 cm³/mol. The molecule has 8 heteroatoms. The number of carbonyl (C=O) groups excluding carboxylic acids is 1. The number of amides is 1. The Kier molecular flexibility index (Phi) is 6.43. The minimum atomic E-state index is -0.191. The van der Waals surface area contributed by atoms with E-state index in [1.165, 1.54) is 0 Å². The summed E-state index contributed by atoms with van der Waals surface area (Å²) in [7, 11) is 1.64. The molecule has 0 unspecified atom stereocenters.